The van der Waals surface area contributed by atoms with E-state index in [2.05, 4.69) is 49.2 Å². The summed E-state index contributed by atoms with van der Waals surface area (Å²) in [6.07, 6.45) is 0.867. The van der Waals surface area contributed by atoms with E-state index in [1.54, 1.807) is 0 Å². The molecule has 0 bridgehead atoms. The third-order valence-corrected chi connectivity index (χ3v) is 4.15. The van der Waals surface area contributed by atoms with E-state index in [0.717, 1.165) is 32.6 Å². The molecule has 0 aliphatic carbocycles. The van der Waals surface area contributed by atoms with E-state index in [4.69, 9.17) is 5.73 Å². The Morgan fingerprint density at radius 3 is 2.81 bits per heavy atom. The lowest BCUT2D eigenvalue weighted by molar-refractivity contribution is -0.121. The average molecular weight is 289 g/mol. The molecule has 0 saturated carbocycles. The van der Waals surface area contributed by atoms with Gasteiger partial charge >= 0.3 is 0 Å². The van der Waals surface area contributed by atoms with Gasteiger partial charge in [0.05, 0.1) is 5.92 Å². The number of hydrogen-bond donors (Lipinski definition) is 2. The van der Waals surface area contributed by atoms with E-state index in [0.29, 0.717) is 5.92 Å². The lowest BCUT2D eigenvalue weighted by Crippen LogP contribution is -2.27. The van der Waals surface area contributed by atoms with Crippen LogP contribution in [0.2, 0.25) is 0 Å². The number of nitrogens with two attached hydrogens (primary N) is 1. The van der Waals surface area contributed by atoms with Gasteiger partial charge in [-0.25, -0.2) is 0 Å². The Bertz CT molecular complexity index is 499. The second-order valence-electron chi connectivity index (χ2n) is 6.47. The highest BCUT2D eigenvalue weighted by Gasteiger charge is 2.26. The summed E-state index contributed by atoms with van der Waals surface area (Å²) in [5, 5.41) is 3.48. The number of nitrogens with zero attached hydrogens (tertiary/aromatic N) is 1. The largest absolute Gasteiger partial charge is 0.371 e. The Morgan fingerprint density at radius 1 is 1.48 bits per heavy atom. The third-order valence-electron chi connectivity index (χ3n) is 4.15. The van der Waals surface area contributed by atoms with Gasteiger partial charge in [-0.15, -0.1) is 0 Å². The Morgan fingerprint density at radius 2 is 2.24 bits per heavy atom. The topological polar surface area (TPSA) is 58.4 Å². The molecule has 0 aromatic heterocycles. The molecule has 1 aromatic carbocycles. The van der Waals surface area contributed by atoms with E-state index in [1.165, 1.54) is 16.8 Å². The highest BCUT2D eigenvalue weighted by atomic mass is 16.1. The molecule has 21 heavy (non-hydrogen) atoms. The molecule has 4 heteroatoms. The van der Waals surface area contributed by atoms with Gasteiger partial charge in [0.2, 0.25) is 5.91 Å². The Labute approximate surface area is 127 Å². The molecule has 116 valence electrons. The first-order chi connectivity index (χ1) is 9.97. The van der Waals surface area contributed by atoms with Gasteiger partial charge in [-0.2, -0.15) is 0 Å². The standard InChI is InChI=1S/C17H27N3O/c1-12(2)9-19-10-14-4-5-16(8-13(14)3)20-7-6-15(11-20)17(18)21/h4-5,8,12,15,19H,6-7,9-11H2,1-3H3,(H2,18,21). The third kappa shape index (κ3) is 4.21. The van der Waals surface area contributed by atoms with Crippen molar-refractivity contribution < 1.29 is 4.79 Å². The molecule has 1 amide bonds. The van der Waals surface area contributed by atoms with Gasteiger partial charge < -0.3 is 16.0 Å². The summed E-state index contributed by atoms with van der Waals surface area (Å²) in [5.41, 5.74) is 9.23. The SMILES string of the molecule is Cc1cc(N2CCC(C(N)=O)C2)ccc1CNCC(C)C. The quantitative estimate of drug-likeness (QED) is 0.842. The molecule has 0 radical (unpaired) electrons. The maximum Gasteiger partial charge on any atom is 0.222 e. The van der Waals surface area contributed by atoms with E-state index in [9.17, 15) is 4.79 Å². The van der Waals surface area contributed by atoms with Gasteiger partial charge in [0.1, 0.15) is 0 Å². The molecule has 1 saturated heterocycles. The van der Waals surface area contributed by atoms with Crippen LogP contribution in [0.15, 0.2) is 18.2 Å². The van der Waals surface area contributed by atoms with Crippen LogP contribution in [0, 0.1) is 18.8 Å². The monoisotopic (exact) mass is 289 g/mol. The van der Waals surface area contributed by atoms with Gasteiger partial charge in [0.25, 0.3) is 0 Å². The van der Waals surface area contributed by atoms with Gasteiger partial charge in [-0.3, -0.25) is 4.79 Å². The fraction of sp³-hybridized carbons (Fsp3) is 0.588. The van der Waals surface area contributed by atoms with Crippen LogP contribution in [-0.4, -0.2) is 25.5 Å². The van der Waals surface area contributed by atoms with E-state index < -0.39 is 0 Å². The van der Waals surface area contributed by atoms with Gasteiger partial charge in [-0.05, 0) is 49.1 Å². The fourth-order valence-corrected chi connectivity index (χ4v) is 2.80. The van der Waals surface area contributed by atoms with Crippen LogP contribution in [0.3, 0.4) is 0 Å². The number of aryl methyl sites for hydroxylation is 1. The number of anilines is 1. The van der Waals surface area contributed by atoms with Crippen molar-refractivity contribution in [3.8, 4) is 0 Å². The summed E-state index contributed by atoms with van der Waals surface area (Å²) >= 11 is 0. The molecular formula is C17H27N3O. The average Bonchev–Trinajstić information content (AvgIpc) is 2.90. The zero-order valence-electron chi connectivity index (χ0n) is 13.4. The summed E-state index contributed by atoms with van der Waals surface area (Å²) in [6.45, 7) is 10.2. The minimum atomic E-state index is -0.177. The minimum Gasteiger partial charge on any atom is -0.371 e. The van der Waals surface area contributed by atoms with Crippen molar-refractivity contribution in [3.05, 3.63) is 29.3 Å². The molecule has 1 aliphatic rings. The van der Waals surface area contributed by atoms with Crippen LogP contribution >= 0.6 is 0 Å². The molecule has 1 fully saturated rings. The highest BCUT2D eigenvalue weighted by molar-refractivity contribution is 5.78. The lowest BCUT2D eigenvalue weighted by atomic mass is 10.1. The van der Waals surface area contributed by atoms with Crippen molar-refractivity contribution >= 4 is 11.6 Å². The second kappa shape index (κ2) is 6.94. The molecule has 1 heterocycles. The first-order valence-electron chi connectivity index (χ1n) is 7.82. The smallest absolute Gasteiger partial charge is 0.222 e. The first-order valence-corrected chi connectivity index (χ1v) is 7.82. The summed E-state index contributed by atoms with van der Waals surface area (Å²) in [5.74, 6) is 0.487. The molecule has 0 spiro atoms. The highest BCUT2D eigenvalue weighted by Crippen LogP contribution is 2.25. The van der Waals surface area contributed by atoms with Crippen LogP contribution in [0.1, 0.15) is 31.4 Å². The van der Waals surface area contributed by atoms with E-state index >= 15 is 0 Å². The Hall–Kier alpha value is -1.55. The summed E-state index contributed by atoms with van der Waals surface area (Å²) < 4.78 is 0. The number of rotatable bonds is 6. The second-order valence-corrected chi connectivity index (χ2v) is 6.47. The molecular weight excluding hydrogens is 262 g/mol. The molecule has 1 atom stereocenters. The molecule has 1 aromatic rings. The van der Waals surface area contributed by atoms with Crippen LogP contribution in [0.25, 0.3) is 0 Å². The van der Waals surface area contributed by atoms with Gasteiger partial charge in [-0.1, -0.05) is 19.9 Å². The predicted octanol–water partition coefficient (Wildman–Crippen LogP) is 2.05. The van der Waals surface area contributed by atoms with Crippen molar-refractivity contribution in [2.24, 2.45) is 17.6 Å². The van der Waals surface area contributed by atoms with E-state index in [1.807, 2.05) is 0 Å². The number of benzene rings is 1. The number of hydrogen-bond acceptors (Lipinski definition) is 3. The maximum atomic E-state index is 11.3. The van der Waals surface area contributed by atoms with Gasteiger partial charge in [0.15, 0.2) is 0 Å². The van der Waals surface area contributed by atoms with Crippen LogP contribution in [0.4, 0.5) is 5.69 Å². The predicted molar refractivity (Wildman–Crippen MR) is 87.2 cm³/mol. The molecule has 3 N–H and O–H groups in total. The lowest BCUT2D eigenvalue weighted by Gasteiger charge is -2.20. The zero-order valence-corrected chi connectivity index (χ0v) is 13.4. The number of carbonyl (C=O) groups is 1. The number of primary amides is 1. The normalized spacial score (nSPS) is 18.5. The molecule has 1 aliphatic heterocycles. The number of nitrogens with one attached hydrogen (secondary N) is 1. The van der Waals surface area contributed by atoms with Crippen molar-refractivity contribution in [2.45, 2.75) is 33.7 Å². The fourth-order valence-electron chi connectivity index (χ4n) is 2.80. The molecule has 4 nitrogen and oxygen atoms in total. The summed E-state index contributed by atoms with van der Waals surface area (Å²) in [7, 11) is 0. The van der Waals surface area contributed by atoms with Crippen molar-refractivity contribution in [3.63, 3.8) is 0 Å². The van der Waals surface area contributed by atoms with Crippen molar-refractivity contribution in [2.75, 3.05) is 24.5 Å². The van der Waals surface area contributed by atoms with Gasteiger partial charge in [0, 0.05) is 25.3 Å². The Kier molecular flexibility index (Phi) is 5.23. The maximum absolute atomic E-state index is 11.3. The summed E-state index contributed by atoms with van der Waals surface area (Å²) in [6, 6.07) is 6.56. The van der Waals surface area contributed by atoms with Crippen LogP contribution < -0.4 is 16.0 Å². The Balaban J connectivity index is 1.97. The van der Waals surface area contributed by atoms with Crippen LogP contribution in [0.5, 0.6) is 0 Å². The number of amides is 1. The number of carbonyl (C=O) groups excluding carboxylic acids is 1. The molecule has 2 rings (SSSR count). The molecule has 1 unspecified atom stereocenters. The van der Waals surface area contributed by atoms with Crippen molar-refractivity contribution in [1.82, 2.24) is 5.32 Å². The summed E-state index contributed by atoms with van der Waals surface area (Å²) in [4.78, 5) is 13.5. The van der Waals surface area contributed by atoms with Crippen LogP contribution in [-0.2, 0) is 11.3 Å². The van der Waals surface area contributed by atoms with Crippen molar-refractivity contribution in [1.29, 1.82) is 0 Å². The zero-order chi connectivity index (χ0) is 15.4. The first kappa shape index (κ1) is 15.8. The van der Waals surface area contributed by atoms with E-state index in [-0.39, 0.29) is 11.8 Å². The minimum absolute atomic E-state index is 0.00214.